The van der Waals surface area contributed by atoms with Crippen LogP contribution in [0.25, 0.3) is 0 Å². The number of nitrogens with zero attached hydrogens (tertiary/aromatic N) is 1. The zero-order valence-electron chi connectivity index (χ0n) is 16.8. The van der Waals surface area contributed by atoms with Crippen molar-refractivity contribution in [2.24, 2.45) is 0 Å². The van der Waals surface area contributed by atoms with E-state index in [0.29, 0.717) is 11.1 Å². The van der Waals surface area contributed by atoms with E-state index >= 15 is 0 Å². The lowest BCUT2D eigenvalue weighted by atomic mass is 9.91. The fourth-order valence-corrected chi connectivity index (χ4v) is 3.47. The maximum absolute atomic E-state index is 12.7. The molecule has 4 heteroatoms. The second kappa shape index (κ2) is 8.26. The van der Waals surface area contributed by atoms with E-state index in [1.54, 1.807) is 0 Å². The molecular weight excluding hydrogens is 348 g/mol. The van der Waals surface area contributed by atoms with E-state index in [1.165, 1.54) is 11.1 Å². The Bertz CT molecular complexity index is 974. The van der Waals surface area contributed by atoms with Crippen molar-refractivity contribution < 1.29 is 9.90 Å². The van der Waals surface area contributed by atoms with Gasteiger partial charge in [-0.2, -0.15) is 0 Å². The monoisotopic (exact) mass is 374 g/mol. The largest absolute Gasteiger partial charge is 0.493 e. The van der Waals surface area contributed by atoms with Gasteiger partial charge in [0.05, 0.1) is 0 Å². The molecule has 4 nitrogen and oxygen atoms in total. The van der Waals surface area contributed by atoms with Crippen LogP contribution in [-0.2, 0) is 6.54 Å². The third kappa shape index (κ3) is 4.22. The first kappa shape index (κ1) is 19.6. The first-order valence-corrected chi connectivity index (χ1v) is 9.46. The molecule has 1 aromatic heterocycles. The van der Waals surface area contributed by atoms with Crippen molar-refractivity contribution >= 4 is 5.91 Å². The van der Waals surface area contributed by atoms with Crippen LogP contribution in [0.1, 0.15) is 56.7 Å². The summed E-state index contributed by atoms with van der Waals surface area (Å²) in [5.41, 5.74) is 6.31. The minimum atomic E-state index is -0.157. The smallest absolute Gasteiger partial charge is 0.251 e. The zero-order valence-corrected chi connectivity index (χ0v) is 16.8. The van der Waals surface area contributed by atoms with Crippen molar-refractivity contribution in [2.45, 2.75) is 40.2 Å². The van der Waals surface area contributed by atoms with Crippen LogP contribution in [0.4, 0.5) is 0 Å². The number of pyridine rings is 1. The molecular formula is C24H26N2O2. The number of hydrogen-bond donors (Lipinski definition) is 2. The number of aromatic hydroxyl groups is 1. The first-order chi connectivity index (χ1) is 13.4. The number of aryl methyl sites for hydroxylation is 3. The summed E-state index contributed by atoms with van der Waals surface area (Å²) in [5, 5.41) is 13.0. The molecule has 3 aromatic rings. The van der Waals surface area contributed by atoms with Gasteiger partial charge in [-0.1, -0.05) is 49.4 Å². The lowest BCUT2D eigenvalue weighted by Crippen LogP contribution is -2.24. The first-order valence-electron chi connectivity index (χ1n) is 9.46. The van der Waals surface area contributed by atoms with Crippen LogP contribution in [-0.4, -0.2) is 16.0 Å². The van der Waals surface area contributed by atoms with Gasteiger partial charge in [-0.25, -0.2) is 4.98 Å². The highest BCUT2D eigenvalue weighted by Crippen LogP contribution is 2.26. The Balaban J connectivity index is 1.74. The topological polar surface area (TPSA) is 62.2 Å². The molecule has 1 unspecified atom stereocenters. The predicted octanol–water partition coefficient (Wildman–Crippen LogP) is 4.79. The van der Waals surface area contributed by atoms with Crippen LogP contribution in [0.15, 0.2) is 54.6 Å². The van der Waals surface area contributed by atoms with Gasteiger partial charge in [-0.15, -0.1) is 0 Å². The highest BCUT2D eigenvalue weighted by atomic mass is 16.3. The summed E-state index contributed by atoms with van der Waals surface area (Å²) in [5.74, 6) is 0.0765. The molecule has 2 aromatic carbocycles. The van der Waals surface area contributed by atoms with Gasteiger partial charge in [0, 0.05) is 29.3 Å². The average molecular weight is 374 g/mol. The van der Waals surface area contributed by atoms with Crippen molar-refractivity contribution in [3.05, 3.63) is 93.7 Å². The molecule has 0 aliphatic rings. The molecule has 1 amide bonds. The summed E-state index contributed by atoms with van der Waals surface area (Å²) >= 11 is 0. The predicted molar refractivity (Wildman–Crippen MR) is 112 cm³/mol. The Kier molecular flexibility index (Phi) is 5.78. The van der Waals surface area contributed by atoms with Crippen LogP contribution in [0.3, 0.4) is 0 Å². The third-order valence-corrected chi connectivity index (χ3v) is 5.17. The van der Waals surface area contributed by atoms with Crippen molar-refractivity contribution in [3.8, 4) is 5.88 Å². The molecule has 0 saturated heterocycles. The van der Waals surface area contributed by atoms with E-state index in [2.05, 4.69) is 35.4 Å². The van der Waals surface area contributed by atoms with Crippen LogP contribution in [0.5, 0.6) is 5.88 Å². The molecule has 1 heterocycles. The average Bonchev–Trinajstić information content (AvgIpc) is 2.67. The molecule has 144 valence electrons. The molecule has 1 atom stereocenters. The molecule has 28 heavy (non-hydrogen) atoms. The Morgan fingerprint density at radius 3 is 2.36 bits per heavy atom. The molecule has 0 aliphatic carbocycles. The van der Waals surface area contributed by atoms with Gasteiger partial charge in [0.1, 0.15) is 0 Å². The maximum atomic E-state index is 12.7. The third-order valence-electron chi connectivity index (χ3n) is 5.17. The lowest BCUT2D eigenvalue weighted by Gasteiger charge is -2.15. The van der Waals surface area contributed by atoms with Gasteiger partial charge in [0.25, 0.3) is 5.91 Å². The van der Waals surface area contributed by atoms with Crippen LogP contribution < -0.4 is 5.32 Å². The minimum absolute atomic E-state index is 0.0263. The quantitative estimate of drug-likeness (QED) is 0.675. The van der Waals surface area contributed by atoms with Gasteiger partial charge in [0.15, 0.2) is 0 Å². The fraction of sp³-hybridized carbons (Fsp3) is 0.250. The Morgan fingerprint density at radius 1 is 1.00 bits per heavy atom. The summed E-state index contributed by atoms with van der Waals surface area (Å²) < 4.78 is 0. The van der Waals surface area contributed by atoms with E-state index in [1.807, 2.05) is 57.2 Å². The molecule has 2 N–H and O–H groups in total. The van der Waals surface area contributed by atoms with Crippen LogP contribution in [0, 0.1) is 20.8 Å². The molecule has 0 spiro atoms. The number of aromatic nitrogens is 1. The van der Waals surface area contributed by atoms with Crippen molar-refractivity contribution in [3.63, 3.8) is 0 Å². The second-order valence-corrected chi connectivity index (χ2v) is 7.27. The number of carbonyl (C=O) groups excluding carboxylic acids is 1. The van der Waals surface area contributed by atoms with Crippen LogP contribution >= 0.6 is 0 Å². The molecule has 0 saturated carbocycles. The Hall–Kier alpha value is -3.14. The number of rotatable bonds is 5. The summed E-state index contributed by atoms with van der Waals surface area (Å²) in [4.78, 5) is 16.7. The van der Waals surface area contributed by atoms with E-state index in [4.69, 9.17) is 0 Å². The SMILES string of the molecule is Cc1cc(C)c(CNC(=O)c2ccc(C(C)c3ccccc3)cc2C)c(O)n1. The highest BCUT2D eigenvalue weighted by Gasteiger charge is 2.15. The summed E-state index contributed by atoms with van der Waals surface area (Å²) in [6, 6.07) is 18.2. The van der Waals surface area contributed by atoms with Crippen molar-refractivity contribution in [1.82, 2.24) is 10.3 Å². The second-order valence-electron chi connectivity index (χ2n) is 7.27. The molecule has 0 radical (unpaired) electrons. The molecule has 3 rings (SSSR count). The summed E-state index contributed by atoms with van der Waals surface area (Å²) in [7, 11) is 0. The molecule has 0 fully saturated rings. The fourth-order valence-electron chi connectivity index (χ4n) is 3.47. The molecule has 0 bridgehead atoms. The standard InChI is InChI=1S/C24H26N2O2/c1-15-12-17(3)26-24(28)22(15)14-25-23(27)21-11-10-20(13-16(21)2)18(4)19-8-6-5-7-9-19/h5-13,18H,14H2,1-4H3,(H,25,27)(H,26,28). The van der Waals surface area contributed by atoms with E-state index in [0.717, 1.165) is 16.8 Å². The normalized spacial score (nSPS) is 11.9. The van der Waals surface area contributed by atoms with Gasteiger partial charge in [-0.05, 0) is 55.2 Å². The number of hydrogen-bond acceptors (Lipinski definition) is 3. The van der Waals surface area contributed by atoms with E-state index in [9.17, 15) is 9.90 Å². The zero-order chi connectivity index (χ0) is 20.3. The van der Waals surface area contributed by atoms with Gasteiger partial charge in [0.2, 0.25) is 5.88 Å². The van der Waals surface area contributed by atoms with Crippen molar-refractivity contribution in [2.75, 3.05) is 0 Å². The maximum Gasteiger partial charge on any atom is 0.251 e. The van der Waals surface area contributed by atoms with Gasteiger partial charge in [-0.3, -0.25) is 4.79 Å². The highest BCUT2D eigenvalue weighted by molar-refractivity contribution is 5.95. The Morgan fingerprint density at radius 2 is 1.71 bits per heavy atom. The molecule has 0 aliphatic heterocycles. The van der Waals surface area contributed by atoms with Crippen LogP contribution in [0.2, 0.25) is 0 Å². The lowest BCUT2D eigenvalue weighted by molar-refractivity contribution is 0.0950. The van der Waals surface area contributed by atoms with Gasteiger partial charge < -0.3 is 10.4 Å². The van der Waals surface area contributed by atoms with Gasteiger partial charge >= 0.3 is 0 Å². The number of benzene rings is 2. The summed E-state index contributed by atoms with van der Waals surface area (Å²) in [6.45, 7) is 8.09. The number of carbonyl (C=O) groups is 1. The number of amides is 1. The summed E-state index contributed by atoms with van der Waals surface area (Å²) in [6.07, 6.45) is 0. The Labute approximate surface area is 166 Å². The minimum Gasteiger partial charge on any atom is -0.493 e. The number of nitrogens with one attached hydrogen (secondary N) is 1. The van der Waals surface area contributed by atoms with Crippen molar-refractivity contribution in [1.29, 1.82) is 0 Å². The van der Waals surface area contributed by atoms with E-state index < -0.39 is 0 Å². The van der Waals surface area contributed by atoms with E-state index in [-0.39, 0.29) is 24.2 Å².